The molecule has 1 unspecified atom stereocenters. The van der Waals surface area contributed by atoms with Crippen molar-refractivity contribution in [2.45, 2.75) is 32.2 Å². The number of carbonyl (C=O) groups is 2. The molecule has 0 fully saturated rings. The molecule has 0 radical (unpaired) electrons. The summed E-state index contributed by atoms with van der Waals surface area (Å²) in [6.45, 7) is 1.83. The number of rotatable bonds is 6. The summed E-state index contributed by atoms with van der Waals surface area (Å²) in [5, 5.41) is 12.1. The van der Waals surface area contributed by atoms with Gasteiger partial charge in [-0.1, -0.05) is 23.2 Å². The van der Waals surface area contributed by atoms with Crippen LogP contribution in [-0.4, -0.2) is 23.0 Å². The monoisotopic (exact) mass is 303 g/mol. The first kappa shape index (κ1) is 15.8. The van der Waals surface area contributed by atoms with Crippen LogP contribution < -0.4 is 5.32 Å². The van der Waals surface area contributed by atoms with Crippen LogP contribution in [0.25, 0.3) is 0 Å². The topological polar surface area (TPSA) is 66.4 Å². The summed E-state index contributed by atoms with van der Waals surface area (Å²) in [7, 11) is 0. The van der Waals surface area contributed by atoms with Gasteiger partial charge in [0, 0.05) is 28.1 Å². The Balaban J connectivity index is 2.51. The molecule has 1 aromatic carbocycles. The van der Waals surface area contributed by atoms with Gasteiger partial charge in [0.2, 0.25) is 0 Å². The molecular weight excluding hydrogens is 289 g/mol. The van der Waals surface area contributed by atoms with Crippen LogP contribution in [-0.2, 0) is 4.79 Å². The number of carbonyl (C=O) groups excluding carboxylic acids is 1. The zero-order valence-electron chi connectivity index (χ0n) is 10.5. The molecule has 1 aromatic rings. The third kappa shape index (κ3) is 5.94. The summed E-state index contributed by atoms with van der Waals surface area (Å²) in [5.74, 6) is -1.10. The van der Waals surface area contributed by atoms with Crippen molar-refractivity contribution in [3.63, 3.8) is 0 Å². The Bertz CT molecular complexity index is 457. The van der Waals surface area contributed by atoms with Gasteiger partial charge in [-0.2, -0.15) is 0 Å². The first-order valence-corrected chi connectivity index (χ1v) is 6.63. The molecule has 0 heterocycles. The fraction of sp³-hybridized carbons (Fsp3) is 0.385. The molecule has 1 rings (SSSR count). The maximum atomic E-state index is 11.9. The predicted molar refractivity (Wildman–Crippen MR) is 74.9 cm³/mol. The van der Waals surface area contributed by atoms with Gasteiger partial charge >= 0.3 is 5.97 Å². The number of halogens is 2. The molecule has 1 amide bonds. The molecule has 1 atom stereocenters. The maximum Gasteiger partial charge on any atom is 0.303 e. The Morgan fingerprint density at radius 2 is 1.84 bits per heavy atom. The smallest absolute Gasteiger partial charge is 0.303 e. The Labute approximate surface area is 121 Å². The average Bonchev–Trinajstić information content (AvgIpc) is 2.26. The minimum Gasteiger partial charge on any atom is -0.481 e. The van der Waals surface area contributed by atoms with Crippen molar-refractivity contribution < 1.29 is 14.7 Å². The lowest BCUT2D eigenvalue weighted by Gasteiger charge is -2.13. The molecule has 6 heteroatoms. The minimum absolute atomic E-state index is 0.100. The van der Waals surface area contributed by atoms with Gasteiger partial charge in [0.05, 0.1) is 0 Å². The van der Waals surface area contributed by atoms with Crippen LogP contribution in [0.5, 0.6) is 0 Å². The van der Waals surface area contributed by atoms with Gasteiger partial charge in [0.25, 0.3) is 5.91 Å². The number of benzene rings is 1. The second-order valence-corrected chi connectivity index (χ2v) is 5.19. The molecule has 0 saturated carbocycles. The summed E-state index contributed by atoms with van der Waals surface area (Å²) in [4.78, 5) is 22.3. The van der Waals surface area contributed by atoms with E-state index in [1.807, 2.05) is 6.92 Å². The highest BCUT2D eigenvalue weighted by atomic mass is 35.5. The molecule has 2 N–H and O–H groups in total. The second-order valence-electron chi connectivity index (χ2n) is 4.32. The second kappa shape index (κ2) is 7.36. The van der Waals surface area contributed by atoms with E-state index in [2.05, 4.69) is 5.32 Å². The highest BCUT2D eigenvalue weighted by Crippen LogP contribution is 2.19. The molecule has 0 aliphatic rings. The van der Waals surface area contributed by atoms with Crippen LogP contribution in [0.2, 0.25) is 10.0 Å². The van der Waals surface area contributed by atoms with E-state index in [4.69, 9.17) is 28.3 Å². The molecule has 0 spiro atoms. The Hall–Kier alpha value is -1.26. The van der Waals surface area contributed by atoms with E-state index in [0.717, 1.165) is 0 Å². The van der Waals surface area contributed by atoms with Crippen molar-refractivity contribution in [2.24, 2.45) is 0 Å². The third-order valence-corrected chi connectivity index (χ3v) is 2.97. The number of nitrogens with one attached hydrogen (secondary N) is 1. The zero-order chi connectivity index (χ0) is 14.4. The van der Waals surface area contributed by atoms with E-state index < -0.39 is 5.97 Å². The van der Waals surface area contributed by atoms with Crippen LogP contribution in [0.3, 0.4) is 0 Å². The van der Waals surface area contributed by atoms with E-state index >= 15 is 0 Å². The minimum atomic E-state index is -0.833. The Morgan fingerprint density at radius 3 is 2.37 bits per heavy atom. The normalized spacial score (nSPS) is 11.9. The predicted octanol–water partition coefficient (Wildman–Crippen LogP) is 3.37. The van der Waals surface area contributed by atoms with E-state index in [9.17, 15) is 9.59 Å². The fourth-order valence-corrected chi connectivity index (χ4v) is 2.15. The van der Waals surface area contributed by atoms with Crippen LogP contribution in [0.1, 0.15) is 36.5 Å². The largest absolute Gasteiger partial charge is 0.481 e. The van der Waals surface area contributed by atoms with Gasteiger partial charge in [-0.05, 0) is 38.0 Å². The highest BCUT2D eigenvalue weighted by Gasteiger charge is 2.11. The zero-order valence-corrected chi connectivity index (χ0v) is 12.0. The number of aliphatic carboxylic acids is 1. The molecule has 19 heavy (non-hydrogen) atoms. The van der Waals surface area contributed by atoms with E-state index in [1.165, 1.54) is 12.1 Å². The van der Waals surface area contributed by atoms with E-state index in [1.54, 1.807) is 6.07 Å². The van der Waals surface area contributed by atoms with Crippen molar-refractivity contribution in [3.8, 4) is 0 Å². The lowest BCUT2D eigenvalue weighted by Crippen LogP contribution is -2.32. The van der Waals surface area contributed by atoms with Crippen LogP contribution >= 0.6 is 23.2 Å². The van der Waals surface area contributed by atoms with Crippen molar-refractivity contribution in [3.05, 3.63) is 33.8 Å². The lowest BCUT2D eigenvalue weighted by atomic mass is 10.1. The number of hydrogen-bond acceptors (Lipinski definition) is 2. The first-order valence-electron chi connectivity index (χ1n) is 5.87. The van der Waals surface area contributed by atoms with Crippen molar-refractivity contribution in [2.75, 3.05) is 0 Å². The molecular formula is C13H15Cl2NO3. The van der Waals surface area contributed by atoms with Crippen LogP contribution in [0.15, 0.2) is 18.2 Å². The van der Waals surface area contributed by atoms with Crippen LogP contribution in [0.4, 0.5) is 0 Å². The highest BCUT2D eigenvalue weighted by molar-refractivity contribution is 6.35. The SMILES string of the molecule is CC(CCCC(=O)O)NC(=O)c1cc(Cl)cc(Cl)c1. The Kier molecular flexibility index (Phi) is 6.12. The summed E-state index contributed by atoms with van der Waals surface area (Å²) < 4.78 is 0. The van der Waals surface area contributed by atoms with E-state index in [-0.39, 0.29) is 18.4 Å². The standard InChI is InChI=1S/C13H15Cl2NO3/c1-8(3-2-4-12(17)18)16-13(19)9-5-10(14)7-11(15)6-9/h5-8H,2-4H2,1H3,(H,16,19)(H,17,18). The third-order valence-electron chi connectivity index (χ3n) is 2.53. The van der Waals surface area contributed by atoms with Gasteiger partial charge in [0.15, 0.2) is 0 Å². The van der Waals surface area contributed by atoms with Gasteiger partial charge in [-0.3, -0.25) is 9.59 Å². The van der Waals surface area contributed by atoms with Gasteiger partial charge < -0.3 is 10.4 Å². The lowest BCUT2D eigenvalue weighted by molar-refractivity contribution is -0.137. The fourth-order valence-electron chi connectivity index (χ4n) is 1.62. The molecule has 0 saturated heterocycles. The number of carboxylic acid groups (broad SMARTS) is 1. The first-order chi connectivity index (χ1) is 8.88. The molecule has 0 aromatic heterocycles. The van der Waals surface area contributed by atoms with Gasteiger partial charge in [0.1, 0.15) is 0 Å². The summed E-state index contributed by atoms with van der Waals surface area (Å²) in [6, 6.07) is 4.51. The average molecular weight is 304 g/mol. The van der Waals surface area contributed by atoms with Gasteiger partial charge in [-0.15, -0.1) is 0 Å². The number of amides is 1. The van der Waals surface area contributed by atoms with Crippen molar-refractivity contribution in [1.82, 2.24) is 5.32 Å². The summed E-state index contributed by atoms with van der Waals surface area (Å²) in [5.41, 5.74) is 0.391. The van der Waals surface area contributed by atoms with Crippen LogP contribution in [0, 0.1) is 0 Å². The Morgan fingerprint density at radius 1 is 1.26 bits per heavy atom. The van der Waals surface area contributed by atoms with Crippen molar-refractivity contribution >= 4 is 35.1 Å². The molecule has 0 aliphatic carbocycles. The number of hydrogen-bond donors (Lipinski definition) is 2. The summed E-state index contributed by atoms with van der Waals surface area (Å²) in [6.07, 6.45) is 1.22. The van der Waals surface area contributed by atoms with Crippen molar-refractivity contribution in [1.29, 1.82) is 0 Å². The molecule has 104 valence electrons. The molecule has 4 nitrogen and oxygen atoms in total. The van der Waals surface area contributed by atoms with Gasteiger partial charge in [-0.25, -0.2) is 0 Å². The number of carboxylic acids is 1. The molecule has 0 bridgehead atoms. The quantitative estimate of drug-likeness (QED) is 0.847. The van der Waals surface area contributed by atoms with E-state index in [0.29, 0.717) is 28.5 Å². The maximum absolute atomic E-state index is 11.9. The molecule has 0 aliphatic heterocycles. The summed E-state index contributed by atoms with van der Waals surface area (Å²) >= 11 is 11.6.